The van der Waals surface area contributed by atoms with E-state index in [2.05, 4.69) is 5.10 Å². The summed E-state index contributed by atoms with van der Waals surface area (Å²) in [5.41, 5.74) is 0.494. The van der Waals surface area contributed by atoms with Crippen LogP contribution in [0.3, 0.4) is 0 Å². The Morgan fingerprint density at radius 3 is 3.17 bits per heavy atom. The van der Waals surface area contributed by atoms with Crippen molar-refractivity contribution in [1.82, 2.24) is 9.61 Å². The molecule has 4 heteroatoms. The SMILES string of the molecule is N#Cc1cnn2cccc(F)c12. The first-order chi connectivity index (χ1) is 5.83. The van der Waals surface area contributed by atoms with E-state index in [4.69, 9.17) is 5.26 Å². The van der Waals surface area contributed by atoms with Gasteiger partial charge in [0.1, 0.15) is 23.0 Å². The molecule has 0 saturated carbocycles. The minimum atomic E-state index is -0.424. The van der Waals surface area contributed by atoms with E-state index in [1.807, 2.05) is 6.07 Å². The molecule has 0 radical (unpaired) electrons. The summed E-state index contributed by atoms with van der Waals surface area (Å²) in [6.45, 7) is 0. The van der Waals surface area contributed by atoms with Crippen molar-refractivity contribution in [2.45, 2.75) is 0 Å². The van der Waals surface area contributed by atoms with E-state index in [0.717, 1.165) is 0 Å². The van der Waals surface area contributed by atoms with Gasteiger partial charge in [0.2, 0.25) is 0 Å². The van der Waals surface area contributed by atoms with Gasteiger partial charge >= 0.3 is 0 Å². The van der Waals surface area contributed by atoms with Crippen LogP contribution in [0.2, 0.25) is 0 Å². The van der Waals surface area contributed by atoms with Gasteiger partial charge in [-0.2, -0.15) is 10.4 Å². The zero-order valence-electron chi connectivity index (χ0n) is 6.03. The fourth-order valence-corrected chi connectivity index (χ4v) is 1.08. The van der Waals surface area contributed by atoms with Crippen LogP contribution in [-0.2, 0) is 0 Å². The summed E-state index contributed by atoms with van der Waals surface area (Å²) in [5, 5.41) is 12.4. The molecule has 0 spiro atoms. The lowest BCUT2D eigenvalue weighted by Crippen LogP contribution is -1.88. The number of nitrogens with zero attached hydrogens (tertiary/aromatic N) is 3. The number of pyridine rings is 1. The summed E-state index contributed by atoms with van der Waals surface area (Å²) in [5.74, 6) is -0.424. The smallest absolute Gasteiger partial charge is 0.150 e. The molecular formula is C8H4FN3. The van der Waals surface area contributed by atoms with Gasteiger partial charge in [-0.1, -0.05) is 0 Å². The van der Waals surface area contributed by atoms with Crippen LogP contribution in [0.4, 0.5) is 4.39 Å². The fourth-order valence-electron chi connectivity index (χ4n) is 1.08. The number of fused-ring (bicyclic) bond motifs is 1. The predicted octanol–water partition coefficient (Wildman–Crippen LogP) is 1.35. The first-order valence-electron chi connectivity index (χ1n) is 3.35. The molecule has 0 aliphatic carbocycles. The van der Waals surface area contributed by atoms with Gasteiger partial charge in [-0.15, -0.1) is 0 Å². The van der Waals surface area contributed by atoms with Crippen LogP contribution in [0.25, 0.3) is 5.52 Å². The summed E-state index contributed by atoms with van der Waals surface area (Å²) in [6, 6.07) is 4.71. The second-order valence-corrected chi connectivity index (χ2v) is 2.32. The van der Waals surface area contributed by atoms with Crippen molar-refractivity contribution >= 4 is 5.52 Å². The minimum Gasteiger partial charge on any atom is -0.237 e. The first kappa shape index (κ1) is 6.80. The molecule has 0 amide bonds. The molecular weight excluding hydrogens is 157 g/mol. The molecule has 0 bridgehead atoms. The van der Waals surface area contributed by atoms with Crippen molar-refractivity contribution in [2.75, 3.05) is 0 Å². The maximum atomic E-state index is 13.1. The predicted molar refractivity (Wildman–Crippen MR) is 39.9 cm³/mol. The average molecular weight is 161 g/mol. The van der Waals surface area contributed by atoms with E-state index >= 15 is 0 Å². The van der Waals surface area contributed by atoms with Gasteiger partial charge in [0.15, 0.2) is 0 Å². The van der Waals surface area contributed by atoms with Crippen molar-refractivity contribution in [1.29, 1.82) is 5.26 Å². The van der Waals surface area contributed by atoms with Gasteiger partial charge in [-0.3, -0.25) is 0 Å². The lowest BCUT2D eigenvalue weighted by Gasteiger charge is -1.92. The number of aromatic nitrogens is 2. The Kier molecular flexibility index (Phi) is 1.31. The van der Waals surface area contributed by atoms with Crippen LogP contribution in [-0.4, -0.2) is 9.61 Å². The van der Waals surface area contributed by atoms with E-state index in [0.29, 0.717) is 0 Å². The number of hydrogen-bond acceptors (Lipinski definition) is 2. The largest absolute Gasteiger partial charge is 0.237 e. The van der Waals surface area contributed by atoms with E-state index in [1.54, 1.807) is 6.20 Å². The summed E-state index contributed by atoms with van der Waals surface area (Å²) in [7, 11) is 0. The molecule has 0 saturated heterocycles. The molecule has 0 unspecified atom stereocenters. The topological polar surface area (TPSA) is 41.1 Å². The van der Waals surface area contributed by atoms with E-state index < -0.39 is 5.82 Å². The molecule has 2 heterocycles. The van der Waals surface area contributed by atoms with Gasteiger partial charge in [-0.25, -0.2) is 8.91 Å². The molecule has 0 N–H and O–H groups in total. The van der Waals surface area contributed by atoms with Crippen LogP contribution in [0.15, 0.2) is 24.5 Å². The van der Waals surface area contributed by atoms with Crippen LogP contribution in [0.1, 0.15) is 5.56 Å². The molecule has 2 aromatic rings. The quantitative estimate of drug-likeness (QED) is 0.585. The van der Waals surface area contributed by atoms with E-state index in [-0.39, 0.29) is 11.1 Å². The van der Waals surface area contributed by atoms with Crippen LogP contribution >= 0.6 is 0 Å². The molecule has 0 fully saturated rings. The maximum absolute atomic E-state index is 13.1. The molecule has 12 heavy (non-hydrogen) atoms. The van der Waals surface area contributed by atoms with E-state index in [1.165, 1.54) is 22.8 Å². The highest BCUT2D eigenvalue weighted by atomic mass is 19.1. The molecule has 2 aromatic heterocycles. The average Bonchev–Trinajstić information content (AvgIpc) is 2.49. The lowest BCUT2D eigenvalue weighted by atomic mass is 10.3. The third-order valence-corrected chi connectivity index (χ3v) is 1.61. The highest BCUT2D eigenvalue weighted by Gasteiger charge is 2.06. The number of nitriles is 1. The molecule has 2 rings (SSSR count). The Morgan fingerprint density at radius 1 is 1.58 bits per heavy atom. The third-order valence-electron chi connectivity index (χ3n) is 1.61. The summed E-state index contributed by atoms with van der Waals surface area (Å²) in [4.78, 5) is 0. The molecule has 0 aliphatic heterocycles. The standard InChI is InChI=1S/C8H4FN3/c9-7-2-1-3-12-8(7)6(4-10)5-11-12/h1-3,5H. The molecule has 0 aromatic carbocycles. The monoisotopic (exact) mass is 161 g/mol. The summed E-state index contributed by atoms with van der Waals surface area (Å²) in [6.07, 6.45) is 2.94. The number of hydrogen-bond donors (Lipinski definition) is 0. The van der Waals surface area contributed by atoms with Crippen molar-refractivity contribution in [3.63, 3.8) is 0 Å². The molecule has 3 nitrogen and oxygen atoms in total. The zero-order chi connectivity index (χ0) is 8.55. The lowest BCUT2D eigenvalue weighted by molar-refractivity contribution is 0.630. The fraction of sp³-hybridized carbons (Fsp3) is 0. The van der Waals surface area contributed by atoms with Crippen molar-refractivity contribution in [2.24, 2.45) is 0 Å². The van der Waals surface area contributed by atoms with Crippen LogP contribution in [0.5, 0.6) is 0 Å². The Hall–Kier alpha value is -1.89. The summed E-state index contributed by atoms with van der Waals surface area (Å²) >= 11 is 0. The second-order valence-electron chi connectivity index (χ2n) is 2.32. The normalized spacial score (nSPS) is 10.0. The highest BCUT2D eigenvalue weighted by Crippen LogP contribution is 2.12. The van der Waals surface area contributed by atoms with Crippen LogP contribution < -0.4 is 0 Å². The second kappa shape index (κ2) is 2.31. The zero-order valence-corrected chi connectivity index (χ0v) is 6.03. The number of halogens is 1. The molecule has 58 valence electrons. The van der Waals surface area contributed by atoms with Gasteiger partial charge in [0.05, 0.1) is 6.20 Å². The van der Waals surface area contributed by atoms with Crippen molar-refractivity contribution in [3.05, 3.63) is 35.9 Å². The van der Waals surface area contributed by atoms with Crippen LogP contribution in [0, 0.1) is 17.1 Å². The van der Waals surface area contributed by atoms with Crippen molar-refractivity contribution in [3.8, 4) is 6.07 Å². The van der Waals surface area contributed by atoms with Crippen molar-refractivity contribution < 1.29 is 4.39 Å². The van der Waals surface area contributed by atoms with E-state index in [9.17, 15) is 4.39 Å². The van der Waals surface area contributed by atoms with Gasteiger partial charge in [0, 0.05) is 6.20 Å². The molecule has 0 atom stereocenters. The minimum absolute atomic E-state index is 0.236. The Labute approximate surface area is 67.7 Å². The Balaban J connectivity index is 2.95. The maximum Gasteiger partial charge on any atom is 0.150 e. The van der Waals surface area contributed by atoms with Gasteiger partial charge < -0.3 is 0 Å². The van der Waals surface area contributed by atoms with Gasteiger partial charge in [0.25, 0.3) is 0 Å². The Bertz CT molecular complexity index is 467. The highest BCUT2D eigenvalue weighted by molar-refractivity contribution is 5.60. The van der Waals surface area contributed by atoms with Gasteiger partial charge in [-0.05, 0) is 12.1 Å². The first-order valence-corrected chi connectivity index (χ1v) is 3.35. The number of rotatable bonds is 0. The summed E-state index contributed by atoms with van der Waals surface area (Å²) < 4.78 is 14.4. The molecule has 0 aliphatic rings. The third kappa shape index (κ3) is 0.768. The Morgan fingerprint density at radius 2 is 2.42 bits per heavy atom.